The fraction of sp³-hybridized carbons (Fsp3) is 0.688. The van der Waals surface area contributed by atoms with Crippen LogP contribution >= 0.6 is 11.3 Å². The lowest BCUT2D eigenvalue weighted by molar-refractivity contribution is 0.116. The van der Waals surface area contributed by atoms with Crippen LogP contribution in [0.2, 0.25) is 0 Å². The molecule has 1 aliphatic rings. The van der Waals surface area contributed by atoms with Crippen LogP contribution in [0.15, 0.2) is 17.1 Å². The van der Waals surface area contributed by atoms with Crippen LogP contribution in [-0.2, 0) is 13.0 Å². The van der Waals surface area contributed by atoms with Crippen LogP contribution in [0, 0.1) is 0 Å². The van der Waals surface area contributed by atoms with Crippen LogP contribution < -0.4 is 10.6 Å². The van der Waals surface area contributed by atoms with Gasteiger partial charge in [0.25, 0.3) is 0 Å². The number of piperazine rings is 1. The van der Waals surface area contributed by atoms with E-state index in [1.54, 1.807) is 0 Å². The zero-order valence-corrected chi connectivity index (χ0v) is 15.0. The first-order chi connectivity index (χ1) is 10.6. The van der Waals surface area contributed by atoms with Crippen LogP contribution in [-0.4, -0.2) is 69.1 Å². The van der Waals surface area contributed by atoms with E-state index in [9.17, 15) is 0 Å². The Bertz CT molecular complexity index is 485. The quantitative estimate of drug-likeness (QED) is 0.632. The molecule has 0 radical (unpaired) electrons. The minimum Gasteiger partial charge on any atom is -0.355 e. The molecule has 1 aromatic heterocycles. The molecular weight excluding hydrogens is 294 g/mol. The van der Waals surface area contributed by atoms with Gasteiger partial charge < -0.3 is 15.5 Å². The Morgan fingerprint density at radius 2 is 2.05 bits per heavy atom. The lowest BCUT2D eigenvalue weighted by atomic mass is 10.2. The van der Waals surface area contributed by atoms with Gasteiger partial charge in [0.1, 0.15) is 0 Å². The monoisotopic (exact) mass is 323 g/mol. The minimum atomic E-state index is 0.533. The van der Waals surface area contributed by atoms with Gasteiger partial charge >= 0.3 is 0 Å². The number of nitrogens with zero attached hydrogens (tertiary/aromatic N) is 3. The van der Waals surface area contributed by atoms with Gasteiger partial charge in [-0.05, 0) is 32.6 Å². The third kappa shape index (κ3) is 4.97. The summed E-state index contributed by atoms with van der Waals surface area (Å²) in [5, 5.41) is 6.86. The van der Waals surface area contributed by atoms with Crippen LogP contribution in [0.25, 0.3) is 0 Å². The highest BCUT2D eigenvalue weighted by atomic mass is 32.1. The molecule has 1 atom stereocenters. The van der Waals surface area contributed by atoms with E-state index in [0.717, 1.165) is 45.1 Å². The fourth-order valence-electron chi connectivity index (χ4n) is 2.64. The molecule has 2 N–H and O–H groups in total. The van der Waals surface area contributed by atoms with Crippen LogP contribution in [0.5, 0.6) is 0 Å². The maximum absolute atomic E-state index is 4.33. The highest BCUT2D eigenvalue weighted by molar-refractivity contribution is 7.11. The maximum atomic E-state index is 4.33. The maximum Gasteiger partial charge on any atom is 0.191 e. The van der Waals surface area contributed by atoms with Crippen molar-refractivity contribution < 1.29 is 0 Å². The first kappa shape index (κ1) is 17.2. The van der Waals surface area contributed by atoms with Gasteiger partial charge in [0.05, 0.1) is 6.54 Å². The SMILES string of the molecule is CCc1ccc(CNC(=NC)NCC2CN(C)CCN2C)s1. The lowest BCUT2D eigenvalue weighted by Gasteiger charge is -2.37. The van der Waals surface area contributed by atoms with E-state index in [1.807, 2.05) is 18.4 Å². The molecule has 1 saturated heterocycles. The Balaban J connectivity index is 1.77. The highest BCUT2D eigenvalue weighted by Gasteiger charge is 2.21. The number of rotatable bonds is 5. The molecule has 1 aliphatic heterocycles. The molecule has 0 aliphatic carbocycles. The normalized spacial score (nSPS) is 21.1. The Kier molecular flexibility index (Phi) is 6.67. The number of likely N-dealkylation sites (N-methyl/N-ethyl adjacent to an activating group) is 2. The fourth-order valence-corrected chi connectivity index (χ4v) is 3.53. The molecule has 6 heteroatoms. The second-order valence-electron chi connectivity index (χ2n) is 5.92. The molecule has 2 rings (SSSR count). The van der Waals surface area contributed by atoms with Gasteiger partial charge in [-0.3, -0.25) is 9.89 Å². The number of aliphatic imine (C=N–C) groups is 1. The summed E-state index contributed by atoms with van der Waals surface area (Å²) in [5.74, 6) is 0.882. The van der Waals surface area contributed by atoms with Crippen molar-refractivity contribution in [1.82, 2.24) is 20.4 Å². The standard InChI is InChI=1S/C16H29N5S/c1-5-14-6-7-15(22-14)11-19-16(17-2)18-10-13-12-20(3)8-9-21(13)4/h6-7,13H,5,8-12H2,1-4H3,(H2,17,18,19). The molecule has 1 fully saturated rings. The van der Waals surface area contributed by atoms with Crippen LogP contribution in [0.4, 0.5) is 0 Å². The Morgan fingerprint density at radius 3 is 2.73 bits per heavy atom. The second kappa shape index (κ2) is 8.50. The van der Waals surface area contributed by atoms with Crippen molar-refractivity contribution in [3.8, 4) is 0 Å². The number of hydrogen-bond acceptors (Lipinski definition) is 4. The van der Waals surface area contributed by atoms with Crippen molar-refractivity contribution in [2.45, 2.75) is 25.9 Å². The first-order valence-corrected chi connectivity index (χ1v) is 8.85. The summed E-state index contributed by atoms with van der Waals surface area (Å²) >= 11 is 1.87. The number of aryl methyl sites for hydroxylation is 1. The largest absolute Gasteiger partial charge is 0.355 e. The Labute approximate surface area is 138 Å². The van der Waals surface area contributed by atoms with Gasteiger partial charge in [0.15, 0.2) is 5.96 Å². The molecular formula is C16H29N5S. The van der Waals surface area contributed by atoms with Crippen molar-refractivity contribution in [3.63, 3.8) is 0 Å². The number of nitrogens with one attached hydrogen (secondary N) is 2. The average Bonchev–Trinajstić information content (AvgIpc) is 2.98. The van der Waals surface area contributed by atoms with Crippen molar-refractivity contribution >= 4 is 17.3 Å². The van der Waals surface area contributed by atoms with Crippen molar-refractivity contribution in [3.05, 3.63) is 21.9 Å². The molecule has 0 amide bonds. The smallest absolute Gasteiger partial charge is 0.191 e. The number of thiophene rings is 1. The zero-order valence-electron chi connectivity index (χ0n) is 14.2. The third-order valence-corrected chi connectivity index (χ3v) is 5.43. The van der Waals surface area contributed by atoms with E-state index in [-0.39, 0.29) is 0 Å². The number of guanidine groups is 1. The summed E-state index contributed by atoms with van der Waals surface area (Å²) in [7, 11) is 6.22. The van der Waals surface area contributed by atoms with Gasteiger partial charge in [-0.15, -0.1) is 11.3 Å². The molecule has 0 spiro atoms. The molecule has 22 heavy (non-hydrogen) atoms. The van der Waals surface area contributed by atoms with Gasteiger partial charge in [0, 0.05) is 49.0 Å². The lowest BCUT2D eigenvalue weighted by Crippen LogP contribution is -2.55. The predicted molar refractivity (Wildman–Crippen MR) is 95.8 cm³/mol. The van der Waals surface area contributed by atoms with Gasteiger partial charge in [0.2, 0.25) is 0 Å². The van der Waals surface area contributed by atoms with E-state index in [0.29, 0.717) is 6.04 Å². The summed E-state index contributed by atoms with van der Waals surface area (Å²) in [4.78, 5) is 11.9. The summed E-state index contributed by atoms with van der Waals surface area (Å²) in [6, 6.07) is 4.95. The molecule has 2 heterocycles. The Morgan fingerprint density at radius 1 is 1.27 bits per heavy atom. The van der Waals surface area contributed by atoms with Crippen molar-refractivity contribution in [1.29, 1.82) is 0 Å². The summed E-state index contributed by atoms with van der Waals surface area (Å²) in [6.07, 6.45) is 1.11. The summed E-state index contributed by atoms with van der Waals surface area (Å²) in [5.41, 5.74) is 0. The minimum absolute atomic E-state index is 0.533. The molecule has 1 aromatic rings. The topological polar surface area (TPSA) is 42.9 Å². The second-order valence-corrected chi connectivity index (χ2v) is 7.18. The van der Waals surface area contributed by atoms with Gasteiger partial charge in [-0.25, -0.2) is 0 Å². The third-order valence-electron chi connectivity index (χ3n) is 4.20. The van der Waals surface area contributed by atoms with Gasteiger partial charge in [-0.2, -0.15) is 0 Å². The van der Waals surface area contributed by atoms with E-state index < -0.39 is 0 Å². The highest BCUT2D eigenvalue weighted by Crippen LogP contribution is 2.16. The van der Waals surface area contributed by atoms with Crippen LogP contribution in [0.1, 0.15) is 16.7 Å². The number of hydrogen-bond donors (Lipinski definition) is 2. The predicted octanol–water partition coefficient (Wildman–Crippen LogP) is 1.22. The van der Waals surface area contributed by atoms with Crippen molar-refractivity contribution in [2.75, 3.05) is 47.3 Å². The molecule has 0 bridgehead atoms. The molecule has 124 valence electrons. The van der Waals surface area contributed by atoms with E-state index >= 15 is 0 Å². The van der Waals surface area contributed by atoms with E-state index in [2.05, 4.69) is 58.6 Å². The zero-order chi connectivity index (χ0) is 15.9. The van der Waals surface area contributed by atoms with E-state index in [1.165, 1.54) is 9.75 Å². The average molecular weight is 324 g/mol. The molecule has 5 nitrogen and oxygen atoms in total. The Hall–Kier alpha value is -1.11. The molecule has 0 aromatic carbocycles. The summed E-state index contributed by atoms with van der Waals surface area (Å²) in [6.45, 7) is 7.34. The van der Waals surface area contributed by atoms with E-state index in [4.69, 9.17) is 0 Å². The summed E-state index contributed by atoms with van der Waals surface area (Å²) < 4.78 is 0. The first-order valence-electron chi connectivity index (χ1n) is 8.03. The molecule has 0 saturated carbocycles. The van der Waals surface area contributed by atoms with Crippen LogP contribution in [0.3, 0.4) is 0 Å². The van der Waals surface area contributed by atoms with Gasteiger partial charge in [-0.1, -0.05) is 6.92 Å². The van der Waals surface area contributed by atoms with Crippen molar-refractivity contribution in [2.24, 2.45) is 4.99 Å². The molecule has 1 unspecified atom stereocenters.